The minimum Gasteiger partial charge on any atom is -0.465 e. The van der Waals surface area contributed by atoms with Crippen LogP contribution in [0.4, 0.5) is 15.8 Å². The largest absolute Gasteiger partial charge is 0.465 e. The Morgan fingerprint density at radius 3 is 2.54 bits per heavy atom. The number of nitro benzene ring substituents is 1. The van der Waals surface area contributed by atoms with Crippen molar-refractivity contribution in [2.45, 2.75) is 11.8 Å². The summed E-state index contributed by atoms with van der Waals surface area (Å²) in [5, 5.41) is 11.2. The molecule has 0 aromatic heterocycles. The van der Waals surface area contributed by atoms with E-state index in [9.17, 15) is 27.7 Å². The standard InChI is InChI=1S/C16H15FN2O6S/c1-2-25-16(20)11-18(13-7-5-6-12(17)10-13)26(23,24)15-9-4-3-8-14(15)19(21)22/h3-10H,2,11H2,1H3. The maximum atomic E-state index is 13.6. The molecule has 0 spiro atoms. The predicted molar refractivity (Wildman–Crippen MR) is 90.7 cm³/mol. The highest BCUT2D eigenvalue weighted by Crippen LogP contribution is 2.30. The molecule has 0 radical (unpaired) electrons. The number of nitro groups is 1. The molecule has 0 bridgehead atoms. The van der Waals surface area contributed by atoms with Gasteiger partial charge in [-0.15, -0.1) is 0 Å². The Morgan fingerprint density at radius 2 is 1.92 bits per heavy atom. The van der Waals surface area contributed by atoms with Crippen molar-refractivity contribution in [1.29, 1.82) is 0 Å². The molecule has 0 heterocycles. The van der Waals surface area contributed by atoms with Gasteiger partial charge in [0.25, 0.3) is 15.7 Å². The van der Waals surface area contributed by atoms with E-state index >= 15 is 0 Å². The van der Waals surface area contributed by atoms with Crippen LogP contribution in [-0.2, 0) is 19.6 Å². The van der Waals surface area contributed by atoms with Gasteiger partial charge in [0.05, 0.1) is 17.2 Å². The Balaban J connectivity index is 2.60. The molecule has 0 aliphatic heterocycles. The lowest BCUT2D eigenvalue weighted by Gasteiger charge is -2.23. The van der Waals surface area contributed by atoms with Crippen molar-refractivity contribution in [1.82, 2.24) is 0 Å². The number of nitrogens with zero attached hydrogens (tertiary/aromatic N) is 2. The number of sulfonamides is 1. The molecule has 0 saturated heterocycles. The number of ether oxygens (including phenoxy) is 1. The molecule has 0 unspecified atom stereocenters. The lowest BCUT2D eigenvalue weighted by molar-refractivity contribution is -0.387. The molecule has 0 fully saturated rings. The monoisotopic (exact) mass is 382 g/mol. The van der Waals surface area contributed by atoms with Gasteiger partial charge in [-0.05, 0) is 31.2 Å². The van der Waals surface area contributed by atoms with Crippen LogP contribution in [0.2, 0.25) is 0 Å². The number of anilines is 1. The quantitative estimate of drug-likeness (QED) is 0.414. The topological polar surface area (TPSA) is 107 Å². The Labute approximate surface area is 149 Å². The molecule has 8 nitrogen and oxygen atoms in total. The van der Waals surface area contributed by atoms with Crippen molar-refractivity contribution in [3.05, 3.63) is 64.5 Å². The van der Waals surface area contributed by atoms with E-state index in [1.54, 1.807) is 6.92 Å². The maximum Gasteiger partial charge on any atom is 0.326 e. The fourth-order valence-corrected chi connectivity index (χ4v) is 3.78. The highest BCUT2D eigenvalue weighted by atomic mass is 32.2. The number of rotatable bonds is 7. The summed E-state index contributed by atoms with van der Waals surface area (Å²) in [4.78, 5) is 21.6. The smallest absolute Gasteiger partial charge is 0.326 e. The molecule has 2 aromatic carbocycles. The van der Waals surface area contributed by atoms with Gasteiger partial charge in [-0.2, -0.15) is 0 Å². The van der Waals surface area contributed by atoms with E-state index in [4.69, 9.17) is 4.74 Å². The van der Waals surface area contributed by atoms with Crippen molar-refractivity contribution in [3.63, 3.8) is 0 Å². The van der Waals surface area contributed by atoms with E-state index in [-0.39, 0.29) is 12.3 Å². The average Bonchev–Trinajstić information content (AvgIpc) is 2.59. The number of esters is 1. The van der Waals surface area contributed by atoms with Crippen molar-refractivity contribution in [2.75, 3.05) is 17.5 Å². The summed E-state index contributed by atoms with van der Waals surface area (Å²) in [6.45, 7) is 0.800. The SMILES string of the molecule is CCOC(=O)CN(c1cccc(F)c1)S(=O)(=O)c1ccccc1[N+](=O)[O-]. The highest BCUT2D eigenvalue weighted by Gasteiger charge is 2.33. The van der Waals surface area contributed by atoms with Crippen LogP contribution >= 0.6 is 0 Å². The van der Waals surface area contributed by atoms with Gasteiger partial charge < -0.3 is 4.74 Å². The van der Waals surface area contributed by atoms with Crippen LogP contribution in [0.3, 0.4) is 0 Å². The van der Waals surface area contributed by atoms with Gasteiger partial charge in [0.2, 0.25) is 0 Å². The fraction of sp³-hybridized carbons (Fsp3) is 0.188. The highest BCUT2D eigenvalue weighted by molar-refractivity contribution is 7.93. The Kier molecular flexibility index (Phi) is 5.88. The lowest BCUT2D eigenvalue weighted by atomic mass is 10.3. The van der Waals surface area contributed by atoms with Crippen molar-refractivity contribution in [3.8, 4) is 0 Å². The summed E-state index contributed by atoms with van der Waals surface area (Å²) in [6, 6.07) is 9.25. The second-order valence-corrected chi connectivity index (χ2v) is 6.85. The second-order valence-electron chi connectivity index (χ2n) is 5.02. The van der Waals surface area contributed by atoms with E-state index < -0.39 is 43.9 Å². The number of benzene rings is 2. The zero-order chi connectivity index (χ0) is 19.3. The summed E-state index contributed by atoms with van der Waals surface area (Å²) >= 11 is 0. The minimum atomic E-state index is -4.54. The molecule has 0 amide bonds. The van der Waals surface area contributed by atoms with Crippen LogP contribution in [0.5, 0.6) is 0 Å². The van der Waals surface area contributed by atoms with E-state index in [0.717, 1.165) is 24.3 Å². The lowest BCUT2D eigenvalue weighted by Crippen LogP contribution is -2.37. The van der Waals surface area contributed by atoms with Gasteiger partial charge in [-0.1, -0.05) is 18.2 Å². The molecule has 10 heteroatoms. The molecular weight excluding hydrogens is 367 g/mol. The number of halogens is 1. The van der Waals surface area contributed by atoms with Gasteiger partial charge >= 0.3 is 5.97 Å². The molecule has 0 saturated carbocycles. The number of para-hydroxylation sites is 1. The molecule has 0 N–H and O–H groups in total. The summed E-state index contributed by atoms with van der Waals surface area (Å²) in [5.41, 5.74) is -0.811. The zero-order valence-corrected chi connectivity index (χ0v) is 14.5. The number of hydrogen-bond acceptors (Lipinski definition) is 6. The first-order chi connectivity index (χ1) is 12.3. The van der Waals surface area contributed by atoms with Crippen LogP contribution in [0, 0.1) is 15.9 Å². The van der Waals surface area contributed by atoms with E-state index in [2.05, 4.69) is 0 Å². The normalized spacial score (nSPS) is 11.0. The first-order valence-corrected chi connectivity index (χ1v) is 8.88. The Bertz CT molecular complexity index is 932. The summed E-state index contributed by atoms with van der Waals surface area (Å²) < 4.78 is 44.9. The van der Waals surface area contributed by atoms with Gasteiger partial charge in [-0.25, -0.2) is 12.8 Å². The fourth-order valence-electron chi connectivity index (χ4n) is 2.22. The van der Waals surface area contributed by atoms with Gasteiger partial charge in [-0.3, -0.25) is 19.2 Å². The molecular formula is C16H15FN2O6S. The van der Waals surface area contributed by atoms with Crippen molar-refractivity contribution in [2.24, 2.45) is 0 Å². The van der Waals surface area contributed by atoms with E-state index in [1.165, 1.54) is 24.3 Å². The molecule has 2 aromatic rings. The number of hydrogen-bond donors (Lipinski definition) is 0. The number of carbonyl (C=O) groups excluding carboxylic acids is 1. The van der Waals surface area contributed by atoms with Gasteiger partial charge in [0, 0.05) is 6.07 Å². The molecule has 0 aliphatic carbocycles. The molecule has 0 aliphatic rings. The van der Waals surface area contributed by atoms with Gasteiger partial charge in [0.15, 0.2) is 4.90 Å². The first kappa shape index (κ1) is 19.3. The average molecular weight is 382 g/mol. The van der Waals surface area contributed by atoms with Crippen LogP contribution in [0.15, 0.2) is 53.4 Å². The maximum absolute atomic E-state index is 13.6. The predicted octanol–water partition coefficient (Wildman–Crippen LogP) is 2.49. The summed E-state index contributed by atoms with van der Waals surface area (Å²) in [5.74, 6) is -1.60. The molecule has 0 atom stereocenters. The molecule has 26 heavy (non-hydrogen) atoms. The van der Waals surface area contributed by atoms with Crippen LogP contribution < -0.4 is 4.31 Å². The molecule has 2 rings (SSSR count). The summed E-state index contributed by atoms with van der Waals surface area (Å²) in [6.07, 6.45) is 0. The third kappa shape index (κ3) is 4.14. The Morgan fingerprint density at radius 1 is 1.23 bits per heavy atom. The number of carbonyl (C=O) groups is 1. The second kappa shape index (κ2) is 7.91. The Hall–Kier alpha value is -3.01. The van der Waals surface area contributed by atoms with E-state index in [1.807, 2.05) is 0 Å². The third-order valence-electron chi connectivity index (χ3n) is 3.30. The molecule has 138 valence electrons. The zero-order valence-electron chi connectivity index (χ0n) is 13.7. The van der Waals surface area contributed by atoms with Crippen LogP contribution in [0.1, 0.15) is 6.92 Å². The van der Waals surface area contributed by atoms with E-state index in [0.29, 0.717) is 4.31 Å². The first-order valence-electron chi connectivity index (χ1n) is 7.44. The van der Waals surface area contributed by atoms with Crippen molar-refractivity contribution >= 4 is 27.4 Å². The third-order valence-corrected chi connectivity index (χ3v) is 5.13. The van der Waals surface area contributed by atoms with Crippen molar-refractivity contribution < 1.29 is 27.3 Å². The van der Waals surface area contributed by atoms with Crippen LogP contribution in [0.25, 0.3) is 0 Å². The minimum absolute atomic E-state index is 0.0152. The summed E-state index contributed by atoms with van der Waals surface area (Å²) in [7, 11) is -4.54. The van der Waals surface area contributed by atoms with Crippen LogP contribution in [-0.4, -0.2) is 32.5 Å². The van der Waals surface area contributed by atoms with Gasteiger partial charge in [0.1, 0.15) is 12.4 Å².